The zero-order valence-electron chi connectivity index (χ0n) is 19.4. The quantitative estimate of drug-likeness (QED) is 0.355. The van der Waals surface area contributed by atoms with Gasteiger partial charge in [-0.15, -0.1) is 0 Å². The van der Waals surface area contributed by atoms with Crippen molar-refractivity contribution in [3.63, 3.8) is 0 Å². The lowest BCUT2D eigenvalue weighted by molar-refractivity contribution is -0.130. The van der Waals surface area contributed by atoms with E-state index in [0.29, 0.717) is 25.7 Å². The molecule has 166 valence electrons. The Kier molecular flexibility index (Phi) is 12.6. The molecule has 4 N–H and O–H groups in total. The molecule has 0 unspecified atom stereocenters. The van der Waals surface area contributed by atoms with E-state index in [1.54, 1.807) is 0 Å². The van der Waals surface area contributed by atoms with Gasteiger partial charge in [-0.05, 0) is 52.9 Å². The Morgan fingerprint density at radius 1 is 0.964 bits per heavy atom. The van der Waals surface area contributed by atoms with E-state index in [2.05, 4.69) is 35.1 Å². The van der Waals surface area contributed by atoms with Crippen LogP contribution in [0.3, 0.4) is 0 Å². The zero-order chi connectivity index (χ0) is 21.9. The van der Waals surface area contributed by atoms with Crippen molar-refractivity contribution in [2.75, 3.05) is 19.8 Å². The second kappa shape index (κ2) is 13.1. The normalized spacial score (nSPS) is 15.4. The van der Waals surface area contributed by atoms with Gasteiger partial charge in [-0.3, -0.25) is 14.9 Å². The molecule has 0 aliphatic carbocycles. The van der Waals surface area contributed by atoms with Crippen LogP contribution in [0.2, 0.25) is 0 Å². The van der Waals surface area contributed by atoms with Gasteiger partial charge in [-0.25, -0.2) is 0 Å². The van der Waals surface area contributed by atoms with Crippen LogP contribution in [-0.4, -0.2) is 55.4 Å². The molecule has 3 atom stereocenters. The Labute approximate surface area is 172 Å². The molecule has 0 radical (unpaired) electrons. The van der Waals surface area contributed by atoms with Gasteiger partial charge in [0.05, 0.1) is 18.4 Å². The number of amides is 2. The summed E-state index contributed by atoms with van der Waals surface area (Å²) in [5.74, 6) is 0.240. The minimum atomic E-state index is -0.526. The first-order chi connectivity index (χ1) is 12.9. The summed E-state index contributed by atoms with van der Waals surface area (Å²) in [6, 6.07) is -0.723. The van der Waals surface area contributed by atoms with Crippen molar-refractivity contribution >= 4 is 11.8 Å². The summed E-state index contributed by atoms with van der Waals surface area (Å²) in [4.78, 5) is 24.7. The first kappa shape index (κ1) is 26.8. The molecule has 0 saturated heterocycles. The third-order valence-electron chi connectivity index (χ3n) is 4.29. The summed E-state index contributed by atoms with van der Waals surface area (Å²) in [5.41, 5.74) is -0.194. The number of hydrogen-bond acceptors (Lipinski definition) is 5. The van der Waals surface area contributed by atoms with E-state index in [1.165, 1.54) is 0 Å². The predicted molar refractivity (Wildman–Crippen MR) is 115 cm³/mol. The van der Waals surface area contributed by atoms with Gasteiger partial charge < -0.3 is 20.7 Å². The minimum absolute atomic E-state index is 0.0209. The van der Waals surface area contributed by atoms with Crippen molar-refractivity contribution in [2.24, 2.45) is 11.8 Å². The van der Waals surface area contributed by atoms with Gasteiger partial charge in [0.25, 0.3) is 0 Å². The molecule has 0 aromatic rings. The molecular formula is C21H44N4O3. The number of likely N-dealkylation sites (N-methyl/N-ethyl adjacent to an activating group) is 1. The number of carbonyl (C=O) groups is 2. The number of carbonyl (C=O) groups excluding carboxylic acids is 2. The number of hydrogen-bond donors (Lipinski definition) is 4. The summed E-state index contributed by atoms with van der Waals surface area (Å²) in [7, 11) is 0. The second-order valence-electron chi connectivity index (χ2n) is 9.19. The van der Waals surface area contributed by atoms with Gasteiger partial charge in [0, 0.05) is 19.1 Å². The van der Waals surface area contributed by atoms with Crippen LogP contribution < -0.4 is 21.3 Å². The second-order valence-corrected chi connectivity index (χ2v) is 9.19. The standard InChI is InChI=1S/C21H44N4O3/c1-10-22-20(27)18(15(4)5)25-19(26)16(6)23-12-17(11-14(2)3)24-13-28-21(7,8)9/h14-18,23-24H,10-13H2,1-9H3,(H,22,27)(H,25,26)/t16-,17-,18-/m0/s1. The van der Waals surface area contributed by atoms with E-state index in [4.69, 9.17) is 4.74 Å². The molecule has 0 aliphatic heterocycles. The average Bonchev–Trinajstić information content (AvgIpc) is 2.54. The topological polar surface area (TPSA) is 91.5 Å². The van der Waals surface area contributed by atoms with Crippen molar-refractivity contribution in [1.82, 2.24) is 21.3 Å². The molecule has 0 heterocycles. The van der Waals surface area contributed by atoms with Crippen molar-refractivity contribution < 1.29 is 14.3 Å². The van der Waals surface area contributed by atoms with Crippen LogP contribution in [0.4, 0.5) is 0 Å². The Bertz CT molecular complexity index is 461. The van der Waals surface area contributed by atoms with Crippen LogP contribution in [0.15, 0.2) is 0 Å². The van der Waals surface area contributed by atoms with E-state index < -0.39 is 12.1 Å². The monoisotopic (exact) mass is 400 g/mol. The predicted octanol–water partition coefficient (Wildman–Crippen LogP) is 2.02. The summed E-state index contributed by atoms with van der Waals surface area (Å²) in [6.07, 6.45) is 0.975. The zero-order valence-corrected chi connectivity index (χ0v) is 19.4. The fraction of sp³-hybridized carbons (Fsp3) is 0.905. The molecule has 0 rings (SSSR count). The molecular weight excluding hydrogens is 356 g/mol. The van der Waals surface area contributed by atoms with Crippen LogP contribution in [0.25, 0.3) is 0 Å². The molecule has 0 bridgehead atoms. The fourth-order valence-corrected chi connectivity index (χ4v) is 2.69. The SMILES string of the molecule is CCNC(=O)[C@@H](NC(=O)[C@H](C)NC[C@H](CC(C)C)NCOC(C)(C)C)C(C)C. The molecule has 0 aliphatic rings. The molecule has 0 aromatic heterocycles. The highest BCUT2D eigenvalue weighted by molar-refractivity contribution is 5.89. The maximum atomic E-state index is 12.5. The van der Waals surface area contributed by atoms with Gasteiger partial charge in [0.1, 0.15) is 6.04 Å². The smallest absolute Gasteiger partial charge is 0.242 e. The van der Waals surface area contributed by atoms with Crippen LogP contribution in [0, 0.1) is 11.8 Å². The van der Waals surface area contributed by atoms with E-state index >= 15 is 0 Å². The summed E-state index contributed by atoms with van der Waals surface area (Å²) in [5, 5.41) is 12.4. The Morgan fingerprint density at radius 2 is 1.57 bits per heavy atom. The van der Waals surface area contributed by atoms with Crippen LogP contribution in [-0.2, 0) is 14.3 Å². The third-order valence-corrected chi connectivity index (χ3v) is 4.29. The van der Waals surface area contributed by atoms with E-state index in [0.717, 1.165) is 6.42 Å². The Balaban J connectivity index is 4.65. The molecule has 7 nitrogen and oxygen atoms in total. The van der Waals surface area contributed by atoms with Crippen molar-refractivity contribution in [3.05, 3.63) is 0 Å². The number of nitrogens with one attached hydrogen (secondary N) is 4. The molecule has 28 heavy (non-hydrogen) atoms. The van der Waals surface area contributed by atoms with Crippen molar-refractivity contribution in [3.8, 4) is 0 Å². The molecule has 2 amide bonds. The van der Waals surface area contributed by atoms with Gasteiger partial charge in [0.2, 0.25) is 11.8 Å². The van der Waals surface area contributed by atoms with Gasteiger partial charge in [0.15, 0.2) is 0 Å². The highest BCUT2D eigenvalue weighted by atomic mass is 16.5. The van der Waals surface area contributed by atoms with E-state index in [-0.39, 0.29) is 29.4 Å². The third kappa shape index (κ3) is 12.3. The van der Waals surface area contributed by atoms with Gasteiger partial charge in [-0.2, -0.15) is 0 Å². The van der Waals surface area contributed by atoms with Crippen LogP contribution in [0.5, 0.6) is 0 Å². The average molecular weight is 401 g/mol. The Hall–Kier alpha value is -1.18. The minimum Gasteiger partial charge on any atom is -0.361 e. The van der Waals surface area contributed by atoms with Gasteiger partial charge in [-0.1, -0.05) is 27.7 Å². The first-order valence-electron chi connectivity index (χ1n) is 10.6. The summed E-state index contributed by atoms with van der Waals surface area (Å²) in [6.45, 7) is 19.6. The summed E-state index contributed by atoms with van der Waals surface area (Å²) < 4.78 is 5.76. The molecule has 0 spiro atoms. The number of rotatable bonds is 13. The highest BCUT2D eigenvalue weighted by Crippen LogP contribution is 2.08. The van der Waals surface area contributed by atoms with E-state index in [1.807, 2.05) is 48.5 Å². The lowest BCUT2D eigenvalue weighted by Gasteiger charge is -2.27. The maximum Gasteiger partial charge on any atom is 0.242 e. The highest BCUT2D eigenvalue weighted by Gasteiger charge is 2.26. The maximum absolute atomic E-state index is 12.5. The largest absolute Gasteiger partial charge is 0.361 e. The van der Waals surface area contributed by atoms with Crippen LogP contribution >= 0.6 is 0 Å². The number of ether oxygens (including phenoxy) is 1. The van der Waals surface area contributed by atoms with Gasteiger partial charge >= 0.3 is 0 Å². The van der Waals surface area contributed by atoms with Crippen molar-refractivity contribution in [2.45, 2.75) is 92.5 Å². The molecule has 0 fully saturated rings. The molecule has 0 aromatic carbocycles. The lowest BCUT2D eigenvalue weighted by atomic mass is 10.0. The van der Waals surface area contributed by atoms with Crippen LogP contribution in [0.1, 0.15) is 68.7 Å². The van der Waals surface area contributed by atoms with E-state index in [9.17, 15) is 9.59 Å². The molecule has 7 heteroatoms. The Morgan fingerprint density at radius 3 is 2.04 bits per heavy atom. The molecule has 0 saturated carbocycles. The lowest BCUT2D eigenvalue weighted by Crippen LogP contribution is -2.55. The summed E-state index contributed by atoms with van der Waals surface area (Å²) >= 11 is 0. The van der Waals surface area contributed by atoms with Crippen molar-refractivity contribution in [1.29, 1.82) is 0 Å². The first-order valence-corrected chi connectivity index (χ1v) is 10.6. The fourth-order valence-electron chi connectivity index (χ4n) is 2.69.